The van der Waals surface area contributed by atoms with Gasteiger partial charge in [-0.1, -0.05) is 42.5 Å². The van der Waals surface area contributed by atoms with Crippen LogP contribution >= 0.6 is 0 Å². The Bertz CT molecular complexity index is 850. The van der Waals surface area contributed by atoms with Crippen LogP contribution in [-0.2, 0) is 6.42 Å². The lowest BCUT2D eigenvalue weighted by atomic mass is 9.98. The van der Waals surface area contributed by atoms with E-state index >= 15 is 0 Å². The second-order valence-electron chi connectivity index (χ2n) is 5.76. The predicted molar refractivity (Wildman–Crippen MR) is 99.0 cm³/mol. The standard InChI is InChI=1S/C22H21FO/c1-3-5-6-17-7-8-19-15-18(11-14-21(19)22(17)23)16-9-12-20(13-10-16)24-4-2/h3,7-15H,1,4-6H2,2H3. The molecule has 0 spiro atoms. The zero-order valence-electron chi connectivity index (χ0n) is 13.9. The lowest BCUT2D eigenvalue weighted by Crippen LogP contribution is -1.92. The number of ether oxygens (including phenoxy) is 1. The van der Waals surface area contributed by atoms with E-state index in [0.29, 0.717) is 18.4 Å². The van der Waals surface area contributed by atoms with Crippen LogP contribution in [-0.4, -0.2) is 6.61 Å². The normalized spacial score (nSPS) is 10.8. The number of hydrogen-bond donors (Lipinski definition) is 0. The van der Waals surface area contributed by atoms with Crippen molar-refractivity contribution in [2.24, 2.45) is 0 Å². The minimum Gasteiger partial charge on any atom is -0.494 e. The molecule has 0 unspecified atom stereocenters. The van der Waals surface area contributed by atoms with Crippen LogP contribution in [0.3, 0.4) is 0 Å². The first kappa shape index (κ1) is 16.3. The van der Waals surface area contributed by atoms with E-state index in [1.165, 1.54) is 0 Å². The molecule has 0 aromatic heterocycles. The van der Waals surface area contributed by atoms with Crippen LogP contribution in [0, 0.1) is 5.82 Å². The highest BCUT2D eigenvalue weighted by atomic mass is 19.1. The molecule has 3 aromatic rings. The van der Waals surface area contributed by atoms with E-state index in [1.54, 1.807) is 0 Å². The van der Waals surface area contributed by atoms with Gasteiger partial charge in [0.1, 0.15) is 11.6 Å². The SMILES string of the molecule is C=CCCc1ccc2cc(-c3ccc(OCC)cc3)ccc2c1F. The quantitative estimate of drug-likeness (QED) is 0.494. The third-order valence-electron chi connectivity index (χ3n) is 4.15. The van der Waals surface area contributed by atoms with Gasteiger partial charge in [0, 0.05) is 5.39 Å². The van der Waals surface area contributed by atoms with E-state index in [2.05, 4.69) is 6.58 Å². The number of aryl methyl sites for hydroxylation is 1. The second kappa shape index (κ2) is 7.31. The van der Waals surface area contributed by atoms with E-state index in [4.69, 9.17) is 4.74 Å². The van der Waals surface area contributed by atoms with Crippen molar-refractivity contribution in [1.29, 1.82) is 0 Å². The first-order valence-electron chi connectivity index (χ1n) is 8.28. The fourth-order valence-corrected chi connectivity index (χ4v) is 2.88. The Morgan fingerprint density at radius 3 is 2.46 bits per heavy atom. The summed E-state index contributed by atoms with van der Waals surface area (Å²) in [5.41, 5.74) is 2.91. The minimum atomic E-state index is -0.118. The zero-order chi connectivity index (χ0) is 16.9. The lowest BCUT2D eigenvalue weighted by Gasteiger charge is -2.09. The molecule has 1 nitrogen and oxygen atoms in total. The molecule has 0 N–H and O–H groups in total. The van der Waals surface area contributed by atoms with Crippen LogP contribution in [0.1, 0.15) is 18.9 Å². The Morgan fingerprint density at radius 1 is 1.00 bits per heavy atom. The molecule has 0 atom stereocenters. The van der Waals surface area contributed by atoms with Crippen LogP contribution in [0.15, 0.2) is 67.3 Å². The van der Waals surface area contributed by atoms with Crippen molar-refractivity contribution in [3.8, 4) is 16.9 Å². The molecule has 2 heteroatoms. The molecule has 0 heterocycles. The average Bonchev–Trinajstić information content (AvgIpc) is 2.62. The maximum atomic E-state index is 14.6. The second-order valence-corrected chi connectivity index (χ2v) is 5.76. The van der Waals surface area contributed by atoms with Crippen molar-refractivity contribution in [3.63, 3.8) is 0 Å². The molecule has 0 fully saturated rings. The molecule has 0 amide bonds. The first-order valence-corrected chi connectivity index (χ1v) is 8.28. The summed E-state index contributed by atoms with van der Waals surface area (Å²) in [5.74, 6) is 0.743. The largest absolute Gasteiger partial charge is 0.494 e. The fourth-order valence-electron chi connectivity index (χ4n) is 2.88. The summed E-state index contributed by atoms with van der Waals surface area (Å²) in [7, 11) is 0. The van der Waals surface area contributed by atoms with Crippen LogP contribution in [0.5, 0.6) is 5.75 Å². The monoisotopic (exact) mass is 320 g/mol. The summed E-state index contributed by atoms with van der Waals surface area (Å²) in [5, 5.41) is 1.59. The highest BCUT2D eigenvalue weighted by Gasteiger charge is 2.08. The lowest BCUT2D eigenvalue weighted by molar-refractivity contribution is 0.340. The predicted octanol–water partition coefficient (Wildman–Crippen LogP) is 6.16. The summed E-state index contributed by atoms with van der Waals surface area (Å²) in [4.78, 5) is 0. The summed E-state index contributed by atoms with van der Waals surface area (Å²) < 4.78 is 20.1. The Morgan fingerprint density at radius 2 is 1.75 bits per heavy atom. The van der Waals surface area contributed by atoms with Crippen molar-refractivity contribution in [3.05, 3.63) is 78.6 Å². The average molecular weight is 320 g/mol. The summed E-state index contributed by atoms with van der Waals surface area (Å²) >= 11 is 0. The van der Waals surface area contributed by atoms with Crippen LogP contribution in [0.25, 0.3) is 21.9 Å². The van der Waals surface area contributed by atoms with Gasteiger partial charge in [0.05, 0.1) is 6.61 Å². The molecule has 0 aliphatic rings. The highest BCUT2D eigenvalue weighted by molar-refractivity contribution is 5.88. The van der Waals surface area contributed by atoms with Crippen molar-refractivity contribution < 1.29 is 9.13 Å². The number of rotatable bonds is 6. The van der Waals surface area contributed by atoms with Gasteiger partial charge >= 0.3 is 0 Å². The van der Waals surface area contributed by atoms with Gasteiger partial charge in [-0.15, -0.1) is 6.58 Å². The maximum Gasteiger partial charge on any atom is 0.134 e. The van der Waals surface area contributed by atoms with Gasteiger partial charge in [-0.25, -0.2) is 4.39 Å². The van der Waals surface area contributed by atoms with Gasteiger partial charge in [0.15, 0.2) is 0 Å². The molecule has 3 aromatic carbocycles. The Kier molecular flexibility index (Phi) is 4.95. The number of hydrogen-bond acceptors (Lipinski definition) is 1. The highest BCUT2D eigenvalue weighted by Crippen LogP contribution is 2.29. The molecule has 0 aliphatic heterocycles. The molecular weight excluding hydrogens is 299 g/mol. The van der Waals surface area contributed by atoms with E-state index in [0.717, 1.165) is 34.2 Å². The molecule has 0 aliphatic carbocycles. The Hall–Kier alpha value is -2.61. The molecular formula is C22H21FO. The van der Waals surface area contributed by atoms with E-state index in [-0.39, 0.29) is 5.82 Å². The zero-order valence-corrected chi connectivity index (χ0v) is 13.9. The minimum absolute atomic E-state index is 0.118. The van der Waals surface area contributed by atoms with Crippen LogP contribution in [0.2, 0.25) is 0 Å². The molecule has 0 saturated carbocycles. The molecule has 3 rings (SSSR count). The fraction of sp³-hybridized carbons (Fsp3) is 0.182. The third kappa shape index (κ3) is 3.33. The smallest absolute Gasteiger partial charge is 0.134 e. The van der Waals surface area contributed by atoms with Crippen molar-refractivity contribution in [2.45, 2.75) is 19.8 Å². The van der Waals surface area contributed by atoms with Gasteiger partial charge in [-0.05, 0) is 60.0 Å². The maximum absolute atomic E-state index is 14.6. The Labute approximate surface area is 142 Å². The van der Waals surface area contributed by atoms with Gasteiger partial charge < -0.3 is 4.74 Å². The van der Waals surface area contributed by atoms with Gasteiger partial charge in [0.2, 0.25) is 0 Å². The van der Waals surface area contributed by atoms with Crippen molar-refractivity contribution >= 4 is 10.8 Å². The van der Waals surface area contributed by atoms with Gasteiger partial charge in [-0.2, -0.15) is 0 Å². The first-order chi connectivity index (χ1) is 11.7. The summed E-state index contributed by atoms with van der Waals surface area (Å²) in [6.45, 7) is 6.32. The Balaban J connectivity index is 1.95. The molecule has 24 heavy (non-hydrogen) atoms. The van der Waals surface area contributed by atoms with Crippen LogP contribution in [0.4, 0.5) is 4.39 Å². The van der Waals surface area contributed by atoms with Gasteiger partial charge in [0.25, 0.3) is 0 Å². The molecule has 0 bridgehead atoms. The summed E-state index contributed by atoms with van der Waals surface area (Å²) in [6, 6.07) is 17.7. The molecule has 0 radical (unpaired) electrons. The number of allylic oxidation sites excluding steroid dienone is 1. The topological polar surface area (TPSA) is 9.23 Å². The summed E-state index contributed by atoms with van der Waals surface area (Å²) in [6.07, 6.45) is 3.29. The van der Waals surface area contributed by atoms with Crippen LogP contribution < -0.4 is 4.74 Å². The molecule has 0 saturated heterocycles. The number of fused-ring (bicyclic) bond motifs is 1. The number of benzene rings is 3. The number of halogens is 1. The third-order valence-corrected chi connectivity index (χ3v) is 4.15. The molecule has 122 valence electrons. The van der Waals surface area contributed by atoms with Gasteiger partial charge in [-0.3, -0.25) is 0 Å². The van der Waals surface area contributed by atoms with E-state index < -0.39 is 0 Å². The van der Waals surface area contributed by atoms with Crippen molar-refractivity contribution in [1.82, 2.24) is 0 Å². The van der Waals surface area contributed by atoms with E-state index in [9.17, 15) is 4.39 Å². The van der Waals surface area contributed by atoms with Crippen molar-refractivity contribution in [2.75, 3.05) is 6.61 Å². The van der Waals surface area contributed by atoms with E-state index in [1.807, 2.05) is 67.6 Å².